The highest BCUT2D eigenvalue weighted by molar-refractivity contribution is 5.75. The van der Waals surface area contributed by atoms with Crippen molar-refractivity contribution >= 4 is 12.1 Å². The van der Waals surface area contributed by atoms with E-state index in [9.17, 15) is 14.7 Å². The number of rotatable bonds is 3. The lowest BCUT2D eigenvalue weighted by atomic mass is 9.73. The predicted octanol–water partition coefficient (Wildman–Crippen LogP) is 3.13. The van der Waals surface area contributed by atoms with Crippen LogP contribution in [0.3, 0.4) is 0 Å². The minimum absolute atomic E-state index is 0.333. The SMILES string of the molecule is CC(C)CC1(C(=O)O)CCN(C(=O)OC(C)(C)C)CC1. The van der Waals surface area contributed by atoms with Crippen molar-refractivity contribution in [2.75, 3.05) is 13.1 Å². The van der Waals surface area contributed by atoms with E-state index in [2.05, 4.69) is 0 Å². The highest BCUT2D eigenvalue weighted by Gasteiger charge is 2.43. The second kappa shape index (κ2) is 6.02. The highest BCUT2D eigenvalue weighted by Crippen LogP contribution is 2.38. The van der Waals surface area contributed by atoms with Crippen molar-refractivity contribution in [3.05, 3.63) is 0 Å². The normalized spacial score (nSPS) is 19.0. The second-order valence-corrected chi connectivity index (χ2v) is 7.15. The number of carboxylic acid groups (broad SMARTS) is 1. The number of hydrogen-bond donors (Lipinski definition) is 1. The van der Waals surface area contributed by atoms with Crippen LogP contribution in [0.5, 0.6) is 0 Å². The summed E-state index contributed by atoms with van der Waals surface area (Å²) in [7, 11) is 0. The molecule has 1 amide bonds. The van der Waals surface area contributed by atoms with E-state index >= 15 is 0 Å². The van der Waals surface area contributed by atoms with Gasteiger partial charge < -0.3 is 14.7 Å². The number of amides is 1. The molecule has 5 nitrogen and oxygen atoms in total. The maximum atomic E-state index is 12.0. The summed E-state index contributed by atoms with van der Waals surface area (Å²) < 4.78 is 5.33. The fourth-order valence-electron chi connectivity index (χ4n) is 2.73. The number of hydrogen-bond acceptors (Lipinski definition) is 3. The van der Waals surface area contributed by atoms with E-state index in [1.165, 1.54) is 0 Å². The molecule has 1 aliphatic rings. The van der Waals surface area contributed by atoms with Gasteiger partial charge in [-0.05, 0) is 46.0 Å². The molecule has 1 N–H and O–H groups in total. The van der Waals surface area contributed by atoms with E-state index in [0.29, 0.717) is 38.3 Å². The summed E-state index contributed by atoms with van der Waals surface area (Å²) in [6.45, 7) is 10.5. The quantitative estimate of drug-likeness (QED) is 0.865. The number of likely N-dealkylation sites (tertiary alicyclic amines) is 1. The number of aliphatic carboxylic acids is 1. The Bertz CT molecular complexity index is 363. The van der Waals surface area contributed by atoms with E-state index in [1.807, 2.05) is 34.6 Å². The fourth-order valence-corrected chi connectivity index (χ4v) is 2.73. The number of ether oxygens (including phenoxy) is 1. The first-order valence-corrected chi connectivity index (χ1v) is 7.27. The summed E-state index contributed by atoms with van der Waals surface area (Å²) in [4.78, 5) is 25.2. The van der Waals surface area contributed by atoms with Gasteiger partial charge in [-0.1, -0.05) is 13.8 Å². The molecule has 20 heavy (non-hydrogen) atoms. The molecule has 1 saturated heterocycles. The Morgan fingerprint density at radius 1 is 1.25 bits per heavy atom. The first kappa shape index (κ1) is 16.8. The van der Waals surface area contributed by atoms with Crippen molar-refractivity contribution in [2.24, 2.45) is 11.3 Å². The molecule has 1 fully saturated rings. The molecule has 5 heteroatoms. The summed E-state index contributed by atoms with van der Waals surface area (Å²) in [5.41, 5.74) is -1.21. The van der Waals surface area contributed by atoms with Gasteiger partial charge in [0.25, 0.3) is 0 Å². The van der Waals surface area contributed by atoms with Crippen molar-refractivity contribution < 1.29 is 19.4 Å². The van der Waals surface area contributed by atoms with Crippen LogP contribution in [0, 0.1) is 11.3 Å². The van der Waals surface area contributed by atoms with E-state index in [-0.39, 0.29) is 6.09 Å². The highest BCUT2D eigenvalue weighted by atomic mass is 16.6. The monoisotopic (exact) mass is 285 g/mol. The number of piperidine rings is 1. The summed E-state index contributed by atoms with van der Waals surface area (Å²) in [6, 6.07) is 0. The zero-order chi connectivity index (χ0) is 15.6. The zero-order valence-corrected chi connectivity index (χ0v) is 13.2. The Hall–Kier alpha value is -1.26. The molecule has 0 radical (unpaired) electrons. The zero-order valence-electron chi connectivity index (χ0n) is 13.2. The van der Waals surface area contributed by atoms with Crippen molar-refractivity contribution in [1.82, 2.24) is 4.90 Å². The van der Waals surface area contributed by atoms with Gasteiger partial charge in [-0.3, -0.25) is 4.79 Å². The van der Waals surface area contributed by atoms with Crippen LogP contribution in [0.2, 0.25) is 0 Å². The summed E-state index contributed by atoms with van der Waals surface area (Å²) in [5, 5.41) is 9.51. The average molecular weight is 285 g/mol. The number of nitrogens with zero attached hydrogens (tertiary/aromatic N) is 1. The molecule has 0 saturated carbocycles. The Kier molecular flexibility index (Phi) is 5.05. The third kappa shape index (κ3) is 4.39. The molecule has 116 valence electrons. The van der Waals surface area contributed by atoms with Crippen molar-refractivity contribution in [1.29, 1.82) is 0 Å². The van der Waals surface area contributed by atoms with E-state index < -0.39 is 17.0 Å². The molecule has 0 aromatic carbocycles. The molecule has 1 rings (SSSR count). The maximum absolute atomic E-state index is 12.0. The molecular weight excluding hydrogens is 258 g/mol. The average Bonchev–Trinajstić information content (AvgIpc) is 2.26. The third-order valence-corrected chi connectivity index (χ3v) is 3.62. The van der Waals surface area contributed by atoms with E-state index in [4.69, 9.17) is 4.74 Å². The van der Waals surface area contributed by atoms with Gasteiger partial charge >= 0.3 is 12.1 Å². The lowest BCUT2D eigenvalue weighted by molar-refractivity contribution is -0.153. The van der Waals surface area contributed by atoms with Crippen molar-refractivity contribution in [3.8, 4) is 0 Å². The first-order chi connectivity index (χ1) is 9.06. The molecule has 0 spiro atoms. The van der Waals surface area contributed by atoms with Crippen LogP contribution in [0.1, 0.15) is 53.9 Å². The minimum atomic E-state index is -0.741. The van der Waals surface area contributed by atoms with Gasteiger partial charge in [0.1, 0.15) is 5.60 Å². The molecule has 1 heterocycles. The fraction of sp³-hybridized carbons (Fsp3) is 0.867. The van der Waals surface area contributed by atoms with Gasteiger partial charge in [0.05, 0.1) is 5.41 Å². The smallest absolute Gasteiger partial charge is 0.410 e. The number of carboxylic acids is 1. The molecule has 1 aliphatic heterocycles. The van der Waals surface area contributed by atoms with Crippen LogP contribution >= 0.6 is 0 Å². The van der Waals surface area contributed by atoms with Crippen LogP contribution in [0.4, 0.5) is 4.79 Å². The van der Waals surface area contributed by atoms with Crippen LogP contribution < -0.4 is 0 Å². The first-order valence-electron chi connectivity index (χ1n) is 7.27. The molecule has 0 aromatic heterocycles. The minimum Gasteiger partial charge on any atom is -0.481 e. The van der Waals surface area contributed by atoms with Crippen LogP contribution in [0.25, 0.3) is 0 Å². The standard InChI is InChI=1S/C15H27NO4/c1-11(2)10-15(12(17)18)6-8-16(9-7-15)13(19)20-14(3,4)5/h11H,6-10H2,1-5H3,(H,17,18). The maximum Gasteiger partial charge on any atom is 0.410 e. The molecule has 0 aromatic rings. The molecule has 0 aliphatic carbocycles. The van der Waals surface area contributed by atoms with Gasteiger partial charge in [-0.2, -0.15) is 0 Å². The Morgan fingerprint density at radius 3 is 2.10 bits per heavy atom. The Labute approximate surface area is 121 Å². The summed E-state index contributed by atoms with van der Waals surface area (Å²) >= 11 is 0. The lowest BCUT2D eigenvalue weighted by Crippen LogP contribution is -2.48. The summed E-state index contributed by atoms with van der Waals surface area (Å²) in [5.74, 6) is -0.408. The van der Waals surface area contributed by atoms with Gasteiger partial charge in [-0.25, -0.2) is 4.79 Å². The largest absolute Gasteiger partial charge is 0.481 e. The van der Waals surface area contributed by atoms with Gasteiger partial charge in [0, 0.05) is 13.1 Å². The van der Waals surface area contributed by atoms with Crippen LogP contribution in [0.15, 0.2) is 0 Å². The van der Waals surface area contributed by atoms with Crippen LogP contribution in [-0.2, 0) is 9.53 Å². The number of carbonyl (C=O) groups is 2. The molecule has 0 atom stereocenters. The summed E-state index contributed by atoms with van der Waals surface area (Å²) in [6.07, 6.45) is 1.31. The van der Waals surface area contributed by atoms with Gasteiger partial charge in [-0.15, -0.1) is 0 Å². The molecule has 0 unspecified atom stereocenters. The topological polar surface area (TPSA) is 66.8 Å². The van der Waals surface area contributed by atoms with Crippen LogP contribution in [-0.4, -0.2) is 40.8 Å². The Morgan fingerprint density at radius 2 is 1.75 bits per heavy atom. The second-order valence-electron chi connectivity index (χ2n) is 7.15. The molecular formula is C15H27NO4. The van der Waals surface area contributed by atoms with Crippen molar-refractivity contribution in [2.45, 2.75) is 59.5 Å². The van der Waals surface area contributed by atoms with E-state index in [0.717, 1.165) is 0 Å². The third-order valence-electron chi connectivity index (χ3n) is 3.62. The lowest BCUT2D eigenvalue weighted by Gasteiger charge is -2.40. The van der Waals surface area contributed by atoms with Gasteiger partial charge in [0.2, 0.25) is 0 Å². The molecule has 0 bridgehead atoms. The Balaban J connectivity index is 2.65. The number of carbonyl (C=O) groups excluding carboxylic acids is 1. The van der Waals surface area contributed by atoms with Crippen molar-refractivity contribution in [3.63, 3.8) is 0 Å². The van der Waals surface area contributed by atoms with E-state index in [1.54, 1.807) is 4.90 Å². The predicted molar refractivity (Wildman–Crippen MR) is 76.6 cm³/mol. The van der Waals surface area contributed by atoms with Gasteiger partial charge in [0.15, 0.2) is 0 Å².